The topological polar surface area (TPSA) is 20.3 Å². The first-order valence-corrected chi connectivity index (χ1v) is 6.77. The average molecular weight is 265 g/mol. The third kappa shape index (κ3) is 2.36. The lowest BCUT2D eigenvalue weighted by molar-refractivity contribution is -0.113. The number of nitrogens with zero attached hydrogens (tertiary/aromatic N) is 1. The molecule has 1 aromatic rings. The summed E-state index contributed by atoms with van der Waals surface area (Å²) in [5, 5.41) is 0. The van der Waals surface area contributed by atoms with E-state index in [1.54, 1.807) is 6.07 Å². The molecule has 0 N–H and O–H groups in total. The first kappa shape index (κ1) is 12.6. The molecule has 2 fully saturated rings. The van der Waals surface area contributed by atoms with Crippen molar-refractivity contribution in [1.29, 1.82) is 0 Å². The normalized spacial score (nSPS) is 27.8. The van der Waals surface area contributed by atoms with Crippen LogP contribution in [-0.2, 0) is 0 Å². The molecule has 4 heteroatoms. The van der Waals surface area contributed by atoms with Crippen molar-refractivity contribution in [2.45, 2.75) is 31.6 Å². The molecule has 0 bridgehead atoms. The van der Waals surface area contributed by atoms with Crippen LogP contribution in [-0.4, -0.2) is 29.8 Å². The van der Waals surface area contributed by atoms with E-state index in [4.69, 9.17) is 0 Å². The molecule has 102 valence electrons. The van der Waals surface area contributed by atoms with Crippen molar-refractivity contribution in [2.75, 3.05) is 13.1 Å². The Morgan fingerprint density at radius 2 is 2.16 bits per heavy atom. The summed E-state index contributed by atoms with van der Waals surface area (Å²) in [6.45, 7) is 1.27. The zero-order chi connectivity index (χ0) is 13.6. The highest BCUT2D eigenvalue weighted by molar-refractivity contribution is 5.95. The molecule has 0 unspecified atom stereocenters. The van der Waals surface area contributed by atoms with Crippen LogP contribution in [0.5, 0.6) is 0 Å². The SMILES string of the molecule is CC[C@H]1C[C@@H]1c1cccc(C(=O)N2CC(F)(F)C2)c1. The van der Waals surface area contributed by atoms with E-state index < -0.39 is 19.0 Å². The lowest BCUT2D eigenvalue weighted by Crippen LogP contribution is -2.58. The van der Waals surface area contributed by atoms with Gasteiger partial charge in [-0.3, -0.25) is 4.79 Å². The number of alkyl halides is 2. The molecule has 0 aromatic heterocycles. The number of hydrogen-bond acceptors (Lipinski definition) is 1. The second-order valence-corrected chi connectivity index (χ2v) is 5.65. The van der Waals surface area contributed by atoms with Crippen LogP contribution in [0.1, 0.15) is 41.6 Å². The second-order valence-electron chi connectivity index (χ2n) is 5.65. The van der Waals surface area contributed by atoms with Crippen molar-refractivity contribution >= 4 is 5.91 Å². The van der Waals surface area contributed by atoms with E-state index in [2.05, 4.69) is 6.92 Å². The molecule has 1 saturated heterocycles. The number of likely N-dealkylation sites (tertiary alicyclic amines) is 1. The van der Waals surface area contributed by atoms with Crippen LogP contribution in [0.4, 0.5) is 8.78 Å². The van der Waals surface area contributed by atoms with Gasteiger partial charge in [0.25, 0.3) is 11.8 Å². The largest absolute Gasteiger partial charge is 0.326 e. The number of carbonyl (C=O) groups is 1. The van der Waals surface area contributed by atoms with E-state index in [9.17, 15) is 13.6 Å². The second kappa shape index (κ2) is 4.29. The van der Waals surface area contributed by atoms with Crippen LogP contribution in [0.3, 0.4) is 0 Å². The highest BCUT2D eigenvalue weighted by Crippen LogP contribution is 2.49. The Morgan fingerprint density at radius 1 is 1.42 bits per heavy atom. The first-order valence-electron chi connectivity index (χ1n) is 6.77. The zero-order valence-corrected chi connectivity index (χ0v) is 10.9. The van der Waals surface area contributed by atoms with Gasteiger partial charge < -0.3 is 4.90 Å². The molecule has 1 heterocycles. The van der Waals surface area contributed by atoms with Gasteiger partial charge in [-0.1, -0.05) is 25.5 Å². The molecular weight excluding hydrogens is 248 g/mol. The molecular formula is C15H17F2NO. The van der Waals surface area contributed by atoms with Gasteiger partial charge >= 0.3 is 0 Å². The minimum atomic E-state index is -2.70. The molecule has 1 aromatic carbocycles. The third-order valence-corrected chi connectivity index (χ3v) is 4.14. The number of rotatable bonds is 3. The molecule has 1 saturated carbocycles. The monoisotopic (exact) mass is 265 g/mol. The molecule has 2 aliphatic rings. The van der Waals surface area contributed by atoms with E-state index in [0.29, 0.717) is 11.5 Å². The smallest absolute Gasteiger partial charge is 0.282 e. The van der Waals surface area contributed by atoms with Crippen molar-refractivity contribution in [2.24, 2.45) is 5.92 Å². The van der Waals surface area contributed by atoms with Crippen molar-refractivity contribution in [1.82, 2.24) is 4.90 Å². The summed E-state index contributed by atoms with van der Waals surface area (Å²) in [6.07, 6.45) is 2.33. The van der Waals surface area contributed by atoms with Gasteiger partial charge in [-0.25, -0.2) is 8.78 Å². The average Bonchev–Trinajstić information content (AvgIpc) is 3.14. The van der Waals surface area contributed by atoms with Gasteiger partial charge in [-0.15, -0.1) is 0 Å². The molecule has 0 radical (unpaired) electrons. The molecule has 2 atom stereocenters. The first-order chi connectivity index (χ1) is 9.00. The number of benzene rings is 1. The van der Waals surface area contributed by atoms with E-state index in [-0.39, 0.29) is 5.91 Å². The third-order valence-electron chi connectivity index (χ3n) is 4.14. The van der Waals surface area contributed by atoms with Gasteiger partial charge in [-0.2, -0.15) is 0 Å². The highest BCUT2D eigenvalue weighted by atomic mass is 19.3. The van der Waals surface area contributed by atoms with Crippen LogP contribution in [0.2, 0.25) is 0 Å². The molecule has 1 aliphatic heterocycles. The van der Waals surface area contributed by atoms with E-state index >= 15 is 0 Å². The van der Waals surface area contributed by atoms with Crippen LogP contribution in [0.25, 0.3) is 0 Å². The number of amides is 1. The predicted octanol–water partition coefficient (Wildman–Crippen LogP) is 3.29. The summed E-state index contributed by atoms with van der Waals surface area (Å²) >= 11 is 0. The Hall–Kier alpha value is -1.45. The van der Waals surface area contributed by atoms with E-state index in [1.807, 2.05) is 18.2 Å². The minimum absolute atomic E-state index is 0.276. The highest BCUT2D eigenvalue weighted by Gasteiger charge is 2.46. The number of carbonyl (C=O) groups excluding carboxylic acids is 1. The van der Waals surface area contributed by atoms with Crippen LogP contribution in [0, 0.1) is 5.92 Å². The zero-order valence-electron chi connectivity index (χ0n) is 10.9. The van der Waals surface area contributed by atoms with Crippen LogP contribution in [0.15, 0.2) is 24.3 Å². The molecule has 3 rings (SSSR count). The van der Waals surface area contributed by atoms with Gasteiger partial charge in [0.2, 0.25) is 0 Å². The standard InChI is InChI=1S/C15H17F2NO/c1-2-10-7-13(10)11-4-3-5-12(6-11)14(19)18-8-15(16,17)9-18/h3-6,10,13H,2,7-9H2,1H3/t10-,13-/m0/s1. The van der Waals surface area contributed by atoms with Gasteiger partial charge in [0.05, 0.1) is 13.1 Å². The minimum Gasteiger partial charge on any atom is -0.326 e. The summed E-state index contributed by atoms with van der Waals surface area (Å²) in [6, 6.07) is 7.47. The Labute approximate surface area is 111 Å². The summed E-state index contributed by atoms with van der Waals surface area (Å²) in [7, 11) is 0. The maximum Gasteiger partial charge on any atom is 0.282 e. The summed E-state index contributed by atoms with van der Waals surface area (Å²) < 4.78 is 25.6. The Bertz CT molecular complexity index is 507. The number of halogens is 2. The maximum absolute atomic E-state index is 12.8. The van der Waals surface area contributed by atoms with Crippen molar-refractivity contribution < 1.29 is 13.6 Å². The summed E-state index contributed by atoms with van der Waals surface area (Å²) in [5.74, 6) is -1.70. The predicted molar refractivity (Wildman–Crippen MR) is 68.4 cm³/mol. The summed E-state index contributed by atoms with van der Waals surface area (Å²) in [4.78, 5) is 13.3. The fraction of sp³-hybridized carbons (Fsp3) is 0.533. The number of hydrogen-bond donors (Lipinski definition) is 0. The maximum atomic E-state index is 12.8. The lowest BCUT2D eigenvalue weighted by atomic mass is 10.0. The van der Waals surface area contributed by atoms with Gasteiger partial charge in [0.1, 0.15) is 0 Å². The fourth-order valence-electron chi connectivity index (χ4n) is 2.85. The Balaban J connectivity index is 1.72. The Kier molecular flexibility index (Phi) is 2.84. The molecule has 0 spiro atoms. The van der Waals surface area contributed by atoms with Crippen molar-refractivity contribution in [3.05, 3.63) is 35.4 Å². The molecule has 1 aliphatic carbocycles. The Morgan fingerprint density at radius 3 is 2.74 bits per heavy atom. The van der Waals surface area contributed by atoms with Crippen molar-refractivity contribution in [3.63, 3.8) is 0 Å². The molecule has 19 heavy (non-hydrogen) atoms. The van der Waals surface area contributed by atoms with E-state index in [1.165, 1.54) is 16.9 Å². The summed E-state index contributed by atoms with van der Waals surface area (Å²) in [5.41, 5.74) is 1.71. The molecule has 1 amide bonds. The lowest BCUT2D eigenvalue weighted by Gasteiger charge is -2.38. The van der Waals surface area contributed by atoms with Crippen molar-refractivity contribution in [3.8, 4) is 0 Å². The van der Waals surface area contributed by atoms with Gasteiger partial charge in [0, 0.05) is 5.56 Å². The van der Waals surface area contributed by atoms with E-state index in [0.717, 1.165) is 12.3 Å². The van der Waals surface area contributed by atoms with Crippen LogP contribution < -0.4 is 0 Å². The quantitative estimate of drug-likeness (QED) is 0.821. The van der Waals surface area contributed by atoms with Gasteiger partial charge in [0.15, 0.2) is 0 Å². The fourth-order valence-corrected chi connectivity index (χ4v) is 2.85. The van der Waals surface area contributed by atoms with Crippen LogP contribution >= 0.6 is 0 Å². The van der Waals surface area contributed by atoms with Gasteiger partial charge in [-0.05, 0) is 36.0 Å². The molecule has 2 nitrogen and oxygen atoms in total.